The molecule has 0 radical (unpaired) electrons. The van der Waals surface area contributed by atoms with Gasteiger partial charge in [-0.25, -0.2) is 0 Å². The topological polar surface area (TPSA) is 32.3 Å². The molecule has 0 aliphatic carbocycles. The molecule has 234 valence electrons. The Hall–Kier alpha value is -4.94. The second-order valence-corrected chi connectivity index (χ2v) is 18.8. The van der Waals surface area contributed by atoms with Crippen LogP contribution in [0.25, 0.3) is 43.6 Å². The second-order valence-electron chi connectivity index (χ2n) is 12.6. The first kappa shape index (κ1) is 28.9. The third kappa shape index (κ3) is 4.43. The Morgan fingerprint density at radius 2 is 0.740 bits per heavy atom. The molecule has 6 heteroatoms. The first-order valence-corrected chi connectivity index (χ1v) is 21.3. The quantitative estimate of drug-likeness (QED) is 0.100. The molecule has 0 saturated heterocycles. The van der Waals surface area contributed by atoms with E-state index in [9.17, 15) is 0 Å². The second kappa shape index (κ2) is 11.3. The molecule has 11 rings (SSSR count). The van der Waals surface area contributed by atoms with Crippen molar-refractivity contribution < 1.29 is 0 Å². The fourth-order valence-corrected chi connectivity index (χ4v) is 13.5. The molecule has 4 nitrogen and oxygen atoms in total. The van der Waals surface area contributed by atoms with Crippen molar-refractivity contribution in [2.75, 3.05) is 9.80 Å². The number of nitrogens with zero attached hydrogens (tertiary/aromatic N) is 4. The van der Waals surface area contributed by atoms with E-state index >= 15 is 0 Å². The van der Waals surface area contributed by atoms with Gasteiger partial charge in [0.1, 0.15) is 0 Å². The zero-order chi connectivity index (χ0) is 32.8. The number of aromatic nitrogens is 2. The fourth-order valence-electron chi connectivity index (χ4n) is 7.48. The summed E-state index contributed by atoms with van der Waals surface area (Å²) >= 11 is -0.878. The molecule has 0 atom stereocenters. The molecule has 50 heavy (non-hydrogen) atoms. The molecule has 2 aliphatic rings. The predicted octanol–water partition coefficient (Wildman–Crippen LogP) is 7.97. The van der Waals surface area contributed by atoms with Crippen molar-refractivity contribution in [1.82, 2.24) is 9.97 Å². The average molecular weight is 866 g/mol. The van der Waals surface area contributed by atoms with Crippen LogP contribution in [0.1, 0.15) is 0 Å². The van der Waals surface area contributed by atoms with E-state index in [2.05, 4.69) is 168 Å². The third-order valence-electron chi connectivity index (χ3n) is 9.75. The molecule has 0 saturated carbocycles. The van der Waals surface area contributed by atoms with Crippen LogP contribution in [0.3, 0.4) is 0 Å². The number of hydrogen-bond donors (Lipinski definition) is 0. The van der Waals surface area contributed by atoms with Crippen molar-refractivity contribution in [3.05, 3.63) is 158 Å². The Morgan fingerprint density at radius 1 is 0.360 bits per heavy atom. The molecule has 0 bridgehead atoms. The first-order chi connectivity index (χ1) is 24.8. The monoisotopic (exact) mass is 870 g/mol. The molecule has 0 spiro atoms. The number of benzene rings is 8. The van der Waals surface area contributed by atoms with Gasteiger partial charge in [-0.15, -0.1) is 0 Å². The standard InChI is InChI=1S/C44H26N4Te2/c1-5-13-39-35(9-1)47(36-10-2-6-14-40(36)49-39)29-19-21-31-27(25-29)17-23-33-43(31)46-44-32-22-20-30(26-28(32)18-24-34(44)45-33)48-37-11-3-7-15-41(37)50-42-16-8-4-12-38(42)48/h1-26H. The van der Waals surface area contributed by atoms with E-state index < -0.39 is 41.8 Å². The summed E-state index contributed by atoms with van der Waals surface area (Å²) in [7, 11) is 0. The van der Waals surface area contributed by atoms with Crippen LogP contribution >= 0.6 is 0 Å². The van der Waals surface area contributed by atoms with Crippen LogP contribution < -0.4 is 24.2 Å². The van der Waals surface area contributed by atoms with Crippen molar-refractivity contribution in [3.8, 4) is 0 Å². The molecular weight excluding hydrogens is 840 g/mol. The summed E-state index contributed by atoms with van der Waals surface area (Å²) in [6.07, 6.45) is 0. The summed E-state index contributed by atoms with van der Waals surface area (Å²) in [5.74, 6) is 0. The molecule has 3 heterocycles. The summed E-state index contributed by atoms with van der Waals surface area (Å²) in [5, 5.41) is 4.56. The van der Waals surface area contributed by atoms with Gasteiger partial charge >= 0.3 is 312 Å². The normalized spacial score (nSPS) is 13.4. The fraction of sp³-hybridized carbons (Fsp3) is 0. The number of para-hydroxylation sites is 4. The van der Waals surface area contributed by atoms with Gasteiger partial charge in [-0.1, -0.05) is 0 Å². The molecule has 9 aromatic rings. The van der Waals surface area contributed by atoms with E-state index in [1.54, 1.807) is 0 Å². The van der Waals surface area contributed by atoms with E-state index in [1.165, 1.54) is 48.6 Å². The molecule has 0 unspecified atom stereocenters. The SMILES string of the molecule is c1ccc2c(c1)[Te]c1ccccc1N2c1ccc2c(ccc3nc4ccc5cc(N6c7ccccc7[Te]c7ccccc76)ccc5c4nc32)c1. The van der Waals surface area contributed by atoms with Gasteiger partial charge in [0.05, 0.1) is 0 Å². The maximum absolute atomic E-state index is 5.38. The van der Waals surface area contributed by atoms with E-state index in [-0.39, 0.29) is 0 Å². The first-order valence-electron chi connectivity index (χ1n) is 16.7. The molecular formula is C44H26N4Te2. The zero-order valence-electron chi connectivity index (χ0n) is 26.6. The summed E-state index contributed by atoms with van der Waals surface area (Å²) in [6, 6.07) is 57.8. The molecule has 0 N–H and O–H groups in total. The minimum absolute atomic E-state index is 0.439. The van der Waals surface area contributed by atoms with E-state index in [0.717, 1.165) is 43.6 Å². The van der Waals surface area contributed by atoms with Crippen LogP contribution in [0.2, 0.25) is 0 Å². The molecule has 0 amide bonds. The van der Waals surface area contributed by atoms with Crippen LogP contribution in [-0.2, 0) is 0 Å². The summed E-state index contributed by atoms with van der Waals surface area (Å²) in [4.78, 5) is 15.4. The Balaban J connectivity index is 1.06. The summed E-state index contributed by atoms with van der Waals surface area (Å²) in [5.41, 5.74) is 11.2. The van der Waals surface area contributed by atoms with Gasteiger partial charge in [0.2, 0.25) is 0 Å². The molecule has 2 aliphatic heterocycles. The maximum atomic E-state index is 5.38. The van der Waals surface area contributed by atoms with Crippen LogP contribution in [0, 0.1) is 0 Å². The number of anilines is 6. The van der Waals surface area contributed by atoms with Crippen LogP contribution in [0.4, 0.5) is 34.1 Å². The predicted molar refractivity (Wildman–Crippen MR) is 211 cm³/mol. The van der Waals surface area contributed by atoms with Gasteiger partial charge < -0.3 is 0 Å². The Bertz CT molecular complexity index is 2580. The summed E-state index contributed by atoms with van der Waals surface area (Å²) < 4.78 is 5.88. The van der Waals surface area contributed by atoms with Crippen molar-refractivity contribution >= 4 is 134 Å². The Kier molecular flexibility index (Phi) is 6.52. The van der Waals surface area contributed by atoms with Gasteiger partial charge in [0.15, 0.2) is 0 Å². The van der Waals surface area contributed by atoms with Crippen molar-refractivity contribution in [2.24, 2.45) is 0 Å². The number of fused-ring (bicyclic) bond motifs is 10. The van der Waals surface area contributed by atoms with Gasteiger partial charge in [0, 0.05) is 0 Å². The van der Waals surface area contributed by atoms with E-state index in [4.69, 9.17) is 9.97 Å². The zero-order valence-corrected chi connectivity index (χ0v) is 31.3. The van der Waals surface area contributed by atoms with Crippen molar-refractivity contribution in [1.29, 1.82) is 0 Å². The third-order valence-corrected chi connectivity index (χ3v) is 16.2. The molecule has 1 aromatic heterocycles. The van der Waals surface area contributed by atoms with Crippen molar-refractivity contribution in [3.63, 3.8) is 0 Å². The Morgan fingerprint density at radius 3 is 1.14 bits per heavy atom. The van der Waals surface area contributed by atoms with Gasteiger partial charge in [-0.2, -0.15) is 0 Å². The molecule has 8 aromatic carbocycles. The average Bonchev–Trinajstić information content (AvgIpc) is 3.17. The van der Waals surface area contributed by atoms with Gasteiger partial charge in [0.25, 0.3) is 0 Å². The van der Waals surface area contributed by atoms with E-state index in [0.29, 0.717) is 0 Å². The Labute approximate surface area is 309 Å². The van der Waals surface area contributed by atoms with Gasteiger partial charge in [-0.3, -0.25) is 0 Å². The van der Waals surface area contributed by atoms with E-state index in [1.807, 2.05) is 0 Å². The number of hydrogen-bond acceptors (Lipinski definition) is 4. The van der Waals surface area contributed by atoms with Crippen molar-refractivity contribution in [2.45, 2.75) is 0 Å². The van der Waals surface area contributed by atoms with Crippen LogP contribution in [0.15, 0.2) is 158 Å². The summed E-state index contributed by atoms with van der Waals surface area (Å²) in [6.45, 7) is 0. The molecule has 0 fully saturated rings. The minimum atomic E-state index is -0.439. The van der Waals surface area contributed by atoms with Crippen LogP contribution in [-0.4, -0.2) is 51.8 Å². The number of rotatable bonds is 2. The van der Waals surface area contributed by atoms with Gasteiger partial charge in [-0.05, 0) is 0 Å². The van der Waals surface area contributed by atoms with Crippen LogP contribution in [0.5, 0.6) is 0 Å².